The van der Waals surface area contributed by atoms with Crippen LogP contribution in [0.1, 0.15) is 39.3 Å². The molecule has 3 nitrogen and oxygen atoms in total. The van der Waals surface area contributed by atoms with Gasteiger partial charge >= 0.3 is 0 Å². The van der Waals surface area contributed by atoms with Crippen LogP contribution >= 0.6 is 0 Å². The molecule has 1 aliphatic carbocycles. The molecule has 1 atom stereocenters. The lowest BCUT2D eigenvalue weighted by atomic mass is 9.93. The molecule has 0 aliphatic heterocycles. The second-order valence-corrected chi connectivity index (χ2v) is 7.43. The van der Waals surface area contributed by atoms with E-state index in [2.05, 4.69) is 87.5 Å². The minimum atomic E-state index is 0.290. The first kappa shape index (κ1) is 16.0. The van der Waals surface area contributed by atoms with Gasteiger partial charge in [-0.25, -0.2) is 0 Å². The van der Waals surface area contributed by atoms with Crippen LogP contribution in [0.15, 0.2) is 60.7 Å². The van der Waals surface area contributed by atoms with Crippen molar-refractivity contribution in [3.8, 4) is 5.69 Å². The van der Waals surface area contributed by atoms with Crippen molar-refractivity contribution in [2.45, 2.75) is 26.7 Å². The zero-order valence-corrected chi connectivity index (χ0v) is 15.8. The van der Waals surface area contributed by atoms with Crippen LogP contribution in [0.4, 0.5) is 0 Å². The Labute approximate surface area is 159 Å². The number of benzene rings is 3. The lowest BCUT2D eigenvalue weighted by molar-refractivity contribution is 0.758. The van der Waals surface area contributed by atoms with Gasteiger partial charge in [0.1, 0.15) is 11.0 Å². The summed E-state index contributed by atoms with van der Waals surface area (Å²) in [6, 6.07) is 19.4. The first-order valence-electron chi connectivity index (χ1n) is 9.32. The molecule has 3 heteroatoms. The molecule has 0 saturated carbocycles. The maximum atomic E-state index is 4.80. The van der Waals surface area contributed by atoms with E-state index in [1.807, 2.05) is 0 Å². The lowest BCUT2D eigenvalue weighted by Gasteiger charge is -2.11. The van der Waals surface area contributed by atoms with Crippen molar-refractivity contribution in [3.05, 3.63) is 94.1 Å². The summed E-state index contributed by atoms with van der Waals surface area (Å²) in [4.78, 5) is 1.78. The fraction of sp³-hybridized carbons (Fsp3) is 0.167. The summed E-state index contributed by atoms with van der Waals surface area (Å²) >= 11 is 0. The van der Waals surface area contributed by atoms with Gasteiger partial charge < -0.3 is 0 Å². The topological polar surface area (TPSA) is 30.7 Å². The van der Waals surface area contributed by atoms with Crippen molar-refractivity contribution in [1.82, 2.24) is 15.0 Å². The minimum Gasteiger partial charge on any atom is -0.150 e. The molecule has 1 aliphatic rings. The number of hydrogen-bond acceptors (Lipinski definition) is 2. The molecule has 132 valence electrons. The molecular formula is C24H21N3. The van der Waals surface area contributed by atoms with Gasteiger partial charge in [-0.1, -0.05) is 48.6 Å². The van der Waals surface area contributed by atoms with Gasteiger partial charge in [-0.3, -0.25) is 0 Å². The van der Waals surface area contributed by atoms with Crippen molar-refractivity contribution in [1.29, 1.82) is 0 Å². The maximum Gasteiger partial charge on any atom is 0.113 e. The molecule has 0 saturated heterocycles. The second kappa shape index (κ2) is 5.92. The van der Waals surface area contributed by atoms with Crippen LogP contribution < -0.4 is 0 Å². The highest BCUT2D eigenvalue weighted by Crippen LogP contribution is 2.36. The number of hydrogen-bond donors (Lipinski definition) is 0. The van der Waals surface area contributed by atoms with E-state index in [1.54, 1.807) is 4.80 Å². The number of aryl methyl sites for hydroxylation is 2. The van der Waals surface area contributed by atoms with E-state index in [9.17, 15) is 0 Å². The average Bonchev–Trinajstić information content (AvgIpc) is 3.27. The third-order valence-electron chi connectivity index (χ3n) is 5.56. The van der Waals surface area contributed by atoms with E-state index < -0.39 is 0 Å². The molecule has 0 fully saturated rings. The predicted octanol–water partition coefficient (Wildman–Crippen LogP) is 5.50. The van der Waals surface area contributed by atoms with Crippen LogP contribution in [0.25, 0.3) is 22.8 Å². The summed E-state index contributed by atoms with van der Waals surface area (Å²) in [6.45, 7) is 6.38. The van der Waals surface area contributed by atoms with Crippen molar-refractivity contribution in [2.75, 3.05) is 0 Å². The maximum absolute atomic E-state index is 4.80. The molecule has 0 spiro atoms. The van der Waals surface area contributed by atoms with Gasteiger partial charge in [-0.15, -0.1) is 10.2 Å². The summed E-state index contributed by atoms with van der Waals surface area (Å²) in [6.07, 6.45) is 4.48. The molecule has 1 heterocycles. The zero-order valence-electron chi connectivity index (χ0n) is 15.8. The van der Waals surface area contributed by atoms with Gasteiger partial charge in [0.25, 0.3) is 0 Å². The van der Waals surface area contributed by atoms with Crippen LogP contribution in [-0.4, -0.2) is 15.0 Å². The minimum absolute atomic E-state index is 0.290. The Morgan fingerprint density at radius 2 is 1.67 bits per heavy atom. The van der Waals surface area contributed by atoms with E-state index in [4.69, 9.17) is 10.2 Å². The Morgan fingerprint density at radius 3 is 2.56 bits per heavy atom. The molecule has 0 bridgehead atoms. The lowest BCUT2D eigenvalue weighted by Crippen LogP contribution is -2.03. The Morgan fingerprint density at radius 1 is 0.852 bits per heavy atom. The third-order valence-corrected chi connectivity index (χ3v) is 5.56. The highest BCUT2D eigenvalue weighted by atomic mass is 15.5. The van der Waals surface area contributed by atoms with Crippen molar-refractivity contribution >= 4 is 17.1 Å². The summed E-state index contributed by atoms with van der Waals surface area (Å²) in [5.74, 6) is 0.290. The number of fused-ring (bicyclic) bond motifs is 2. The summed E-state index contributed by atoms with van der Waals surface area (Å²) in [7, 11) is 0. The Hall–Kier alpha value is -3.20. The van der Waals surface area contributed by atoms with E-state index in [1.165, 1.54) is 33.4 Å². The number of aromatic nitrogens is 3. The number of rotatable bonds is 2. The van der Waals surface area contributed by atoms with Crippen LogP contribution in [0.2, 0.25) is 0 Å². The Bertz CT molecular complexity index is 1210. The number of allylic oxidation sites excluding steroid dienone is 1. The van der Waals surface area contributed by atoms with E-state index >= 15 is 0 Å². The van der Waals surface area contributed by atoms with Gasteiger partial charge in [0.05, 0.1) is 5.69 Å². The fourth-order valence-electron chi connectivity index (χ4n) is 4.00. The molecular weight excluding hydrogens is 330 g/mol. The van der Waals surface area contributed by atoms with Gasteiger partial charge in [0, 0.05) is 5.92 Å². The Kier molecular flexibility index (Phi) is 3.51. The highest BCUT2D eigenvalue weighted by Gasteiger charge is 2.19. The molecule has 1 aromatic heterocycles. The van der Waals surface area contributed by atoms with Crippen LogP contribution in [0, 0.1) is 20.8 Å². The van der Waals surface area contributed by atoms with E-state index in [-0.39, 0.29) is 0 Å². The molecule has 4 aromatic rings. The molecule has 1 unspecified atom stereocenters. The summed E-state index contributed by atoms with van der Waals surface area (Å²) in [5.41, 5.74) is 10.5. The third kappa shape index (κ3) is 2.58. The fourth-order valence-corrected chi connectivity index (χ4v) is 4.00. The molecule has 27 heavy (non-hydrogen) atoms. The van der Waals surface area contributed by atoms with Gasteiger partial charge in [-0.05, 0) is 72.4 Å². The Balaban J connectivity index is 1.60. The largest absolute Gasteiger partial charge is 0.150 e. The monoisotopic (exact) mass is 351 g/mol. The predicted molar refractivity (Wildman–Crippen MR) is 110 cm³/mol. The smallest absolute Gasteiger partial charge is 0.113 e. The van der Waals surface area contributed by atoms with Crippen LogP contribution in [-0.2, 0) is 0 Å². The van der Waals surface area contributed by atoms with Crippen LogP contribution in [0.3, 0.4) is 0 Å². The van der Waals surface area contributed by atoms with Crippen molar-refractivity contribution in [3.63, 3.8) is 0 Å². The SMILES string of the molecule is Cc1cc(C)c(C)c(-n2nc3ccc(C4C=Cc5ccccc54)cc3n2)c1. The quantitative estimate of drug-likeness (QED) is 0.477. The first-order chi connectivity index (χ1) is 13.1. The standard InChI is InChI=1S/C24H21N3/c1-15-12-16(2)17(3)24(13-15)27-25-22-11-9-19(14-23(22)26-27)21-10-8-18-6-4-5-7-20(18)21/h4-14,21H,1-3H3. The molecule has 0 N–H and O–H groups in total. The average molecular weight is 351 g/mol. The van der Waals surface area contributed by atoms with Crippen LogP contribution in [0.5, 0.6) is 0 Å². The summed E-state index contributed by atoms with van der Waals surface area (Å²) in [5, 5.41) is 9.52. The molecule has 0 radical (unpaired) electrons. The second-order valence-electron chi connectivity index (χ2n) is 7.43. The van der Waals surface area contributed by atoms with Gasteiger partial charge in [0.15, 0.2) is 0 Å². The zero-order chi connectivity index (χ0) is 18.5. The van der Waals surface area contributed by atoms with Crippen molar-refractivity contribution in [2.24, 2.45) is 0 Å². The van der Waals surface area contributed by atoms with Gasteiger partial charge in [0.2, 0.25) is 0 Å². The molecule has 5 rings (SSSR count). The summed E-state index contributed by atoms with van der Waals surface area (Å²) < 4.78 is 0. The normalized spacial score (nSPS) is 15.4. The van der Waals surface area contributed by atoms with Crippen molar-refractivity contribution < 1.29 is 0 Å². The molecule has 0 amide bonds. The highest BCUT2D eigenvalue weighted by molar-refractivity contribution is 5.76. The van der Waals surface area contributed by atoms with E-state index in [0.717, 1.165) is 16.7 Å². The molecule has 3 aromatic carbocycles. The van der Waals surface area contributed by atoms with Gasteiger partial charge in [-0.2, -0.15) is 4.80 Å². The number of nitrogens with zero attached hydrogens (tertiary/aromatic N) is 3. The first-order valence-corrected chi connectivity index (χ1v) is 9.32. The van der Waals surface area contributed by atoms with E-state index in [0.29, 0.717) is 5.92 Å².